The highest BCUT2D eigenvalue weighted by atomic mass is 16.4. The normalized spacial score (nSPS) is 11.4. The van der Waals surface area contributed by atoms with Crippen molar-refractivity contribution in [3.63, 3.8) is 0 Å². The lowest BCUT2D eigenvalue weighted by Gasteiger charge is -2.29. The number of quaternary nitrogens is 1. The number of hydrogen-bond acceptors (Lipinski definition) is 2. The maximum absolute atomic E-state index is 11.8. The molecule has 0 aliphatic rings. The van der Waals surface area contributed by atoms with Crippen molar-refractivity contribution in [2.75, 3.05) is 33.9 Å². The number of urea groups is 1. The second kappa shape index (κ2) is 17.8. The average Bonchev–Trinajstić information content (AvgIpc) is 2.63. The molecule has 6 heteroatoms. The van der Waals surface area contributed by atoms with Crippen LogP contribution in [-0.2, 0) is 4.79 Å². The summed E-state index contributed by atoms with van der Waals surface area (Å²) < 4.78 is 0.583. The van der Waals surface area contributed by atoms with Crippen LogP contribution in [0.1, 0.15) is 96.8 Å². The van der Waals surface area contributed by atoms with Crippen LogP contribution in [0.25, 0.3) is 0 Å². The highest BCUT2D eigenvalue weighted by Crippen LogP contribution is 2.11. The van der Waals surface area contributed by atoms with E-state index in [0.29, 0.717) is 17.6 Å². The summed E-state index contributed by atoms with van der Waals surface area (Å²) in [5, 5.41) is 14.5. The summed E-state index contributed by atoms with van der Waals surface area (Å²) in [6.45, 7) is 4.21. The van der Waals surface area contributed by atoms with Gasteiger partial charge in [0.25, 0.3) is 0 Å². The van der Waals surface area contributed by atoms with Crippen LogP contribution in [0, 0.1) is 0 Å². The molecule has 166 valence electrons. The average molecular weight is 401 g/mol. The Morgan fingerprint density at radius 3 is 1.75 bits per heavy atom. The fourth-order valence-corrected chi connectivity index (χ4v) is 3.25. The van der Waals surface area contributed by atoms with Crippen LogP contribution in [0.3, 0.4) is 0 Å². The van der Waals surface area contributed by atoms with Gasteiger partial charge in [0.2, 0.25) is 0 Å². The lowest BCUT2D eigenvalue weighted by molar-refractivity contribution is -0.892. The Balaban J connectivity index is 3.42. The lowest BCUT2D eigenvalue weighted by Crippen LogP contribution is -2.51. The van der Waals surface area contributed by atoms with Crippen molar-refractivity contribution in [3.05, 3.63) is 0 Å². The molecule has 3 N–H and O–H groups in total. The molecule has 0 aromatic heterocycles. The number of carboxylic acid groups (broad SMARTS) is 1. The fraction of sp³-hybridized carbons (Fsp3) is 0.909. The maximum atomic E-state index is 11.8. The predicted octanol–water partition coefficient (Wildman–Crippen LogP) is 4.89. The van der Waals surface area contributed by atoms with E-state index in [2.05, 4.69) is 17.6 Å². The van der Waals surface area contributed by atoms with Crippen molar-refractivity contribution in [1.82, 2.24) is 10.6 Å². The number of unbranched alkanes of at least 4 members (excludes halogenated alkanes) is 11. The molecule has 6 nitrogen and oxygen atoms in total. The van der Waals surface area contributed by atoms with Gasteiger partial charge in [0.05, 0.1) is 27.1 Å². The molecule has 0 saturated carbocycles. The summed E-state index contributed by atoms with van der Waals surface area (Å²) in [5.74, 6) is -0.770. The molecule has 2 amide bonds. The third-order valence-corrected chi connectivity index (χ3v) is 5.14. The van der Waals surface area contributed by atoms with Gasteiger partial charge < -0.3 is 14.9 Å². The number of carbonyl (C=O) groups excluding carboxylic acids is 1. The first-order valence-corrected chi connectivity index (χ1v) is 11.4. The molecule has 0 heterocycles. The second-order valence-corrected chi connectivity index (χ2v) is 8.64. The van der Waals surface area contributed by atoms with Gasteiger partial charge in [-0.25, -0.2) is 4.79 Å². The largest absolute Gasteiger partial charge is 0.481 e. The molecule has 0 rings (SSSR count). The first kappa shape index (κ1) is 26.7. The topological polar surface area (TPSA) is 78.4 Å². The number of hydrogen-bond donors (Lipinski definition) is 3. The minimum atomic E-state index is -0.770. The van der Waals surface area contributed by atoms with Gasteiger partial charge in [-0.15, -0.1) is 0 Å². The molecule has 0 saturated heterocycles. The monoisotopic (exact) mass is 400 g/mol. The molecule has 0 atom stereocenters. The van der Waals surface area contributed by atoms with E-state index < -0.39 is 5.97 Å². The van der Waals surface area contributed by atoms with Crippen LogP contribution in [-0.4, -0.2) is 55.4 Å². The zero-order valence-corrected chi connectivity index (χ0v) is 18.7. The molecular formula is C22H46N3O3+. The zero-order chi connectivity index (χ0) is 21.1. The van der Waals surface area contributed by atoms with Gasteiger partial charge in [0.1, 0.15) is 0 Å². The summed E-state index contributed by atoms with van der Waals surface area (Å²) in [4.78, 5) is 22.4. The van der Waals surface area contributed by atoms with Crippen molar-refractivity contribution in [1.29, 1.82) is 0 Å². The highest BCUT2D eigenvalue weighted by molar-refractivity contribution is 5.73. The van der Waals surface area contributed by atoms with Gasteiger partial charge in [0.15, 0.2) is 6.67 Å². The molecule has 0 fully saturated rings. The van der Waals surface area contributed by atoms with Gasteiger partial charge in [-0.3, -0.25) is 10.1 Å². The molecule has 0 aromatic rings. The minimum Gasteiger partial charge on any atom is -0.481 e. The van der Waals surface area contributed by atoms with Crippen molar-refractivity contribution in [2.45, 2.75) is 96.8 Å². The van der Waals surface area contributed by atoms with Crippen LogP contribution >= 0.6 is 0 Å². The van der Waals surface area contributed by atoms with E-state index in [1.54, 1.807) is 0 Å². The van der Waals surface area contributed by atoms with E-state index in [-0.39, 0.29) is 12.5 Å². The number of amides is 2. The zero-order valence-electron chi connectivity index (χ0n) is 18.7. The summed E-state index contributed by atoms with van der Waals surface area (Å²) in [6, 6.07) is -0.132. The minimum absolute atomic E-state index is 0.132. The summed E-state index contributed by atoms with van der Waals surface area (Å²) >= 11 is 0. The van der Waals surface area contributed by atoms with E-state index in [4.69, 9.17) is 5.11 Å². The Hall–Kier alpha value is -1.30. The SMILES string of the molecule is CCCCCCCCCCCCCCNC(=O)NC[N+](C)(C)CCCC(=O)O. The van der Waals surface area contributed by atoms with Gasteiger partial charge in [0, 0.05) is 13.0 Å². The van der Waals surface area contributed by atoms with E-state index in [9.17, 15) is 9.59 Å². The quantitative estimate of drug-likeness (QED) is 0.164. The number of nitrogens with one attached hydrogen (secondary N) is 2. The summed E-state index contributed by atoms with van der Waals surface area (Å²) in [5.41, 5.74) is 0. The molecule has 0 bridgehead atoms. The molecule has 28 heavy (non-hydrogen) atoms. The van der Waals surface area contributed by atoms with E-state index in [0.717, 1.165) is 19.5 Å². The van der Waals surface area contributed by atoms with Crippen LogP contribution in [0.2, 0.25) is 0 Å². The fourth-order valence-electron chi connectivity index (χ4n) is 3.25. The second-order valence-electron chi connectivity index (χ2n) is 8.64. The lowest BCUT2D eigenvalue weighted by atomic mass is 10.1. The Bertz CT molecular complexity index is 400. The van der Waals surface area contributed by atoms with Gasteiger partial charge >= 0.3 is 12.0 Å². The Morgan fingerprint density at radius 1 is 0.750 bits per heavy atom. The van der Waals surface area contributed by atoms with E-state index in [1.165, 1.54) is 70.6 Å². The van der Waals surface area contributed by atoms with Crippen LogP contribution in [0.5, 0.6) is 0 Å². The Morgan fingerprint density at radius 2 is 1.25 bits per heavy atom. The molecular weight excluding hydrogens is 354 g/mol. The number of nitrogens with zero attached hydrogens (tertiary/aromatic N) is 1. The number of carboxylic acids is 1. The molecule has 0 radical (unpaired) electrons. The molecule has 0 aliphatic carbocycles. The van der Waals surface area contributed by atoms with Crippen molar-refractivity contribution >= 4 is 12.0 Å². The van der Waals surface area contributed by atoms with Crippen molar-refractivity contribution in [3.8, 4) is 0 Å². The van der Waals surface area contributed by atoms with Gasteiger partial charge in [-0.1, -0.05) is 77.6 Å². The first-order valence-electron chi connectivity index (χ1n) is 11.4. The van der Waals surface area contributed by atoms with Crippen LogP contribution in [0.4, 0.5) is 4.79 Å². The highest BCUT2D eigenvalue weighted by Gasteiger charge is 2.16. The molecule has 0 spiro atoms. The van der Waals surface area contributed by atoms with Crippen LogP contribution in [0.15, 0.2) is 0 Å². The smallest absolute Gasteiger partial charge is 0.319 e. The van der Waals surface area contributed by atoms with E-state index in [1.807, 2.05) is 14.1 Å². The predicted molar refractivity (Wildman–Crippen MR) is 116 cm³/mol. The van der Waals surface area contributed by atoms with Gasteiger partial charge in [-0.2, -0.15) is 0 Å². The third kappa shape index (κ3) is 19.5. The molecule has 0 aromatic carbocycles. The van der Waals surface area contributed by atoms with Crippen molar-refractivity contribution in [2.24, 2.45) is 0 Å². The molecule has 0 aliphatic heterocycles. The summed E-state index contributed by atoms with van der Waals surface area (Å²) in [6.07, 6.45) is 16.6. The third-order valence-electron chi connectivity index (χ3n) is 5.14. The maximum Gasteiger partial charge on any atom is 0.319 e. The standard InChI is InChI=1S/C22H45N3O3/c1-4-5-6-7-8-9-10-11-12-13-14-15-18-23-22(28)24-20-25(2,3)19-16-17-21(26)27/h4-20H2,1-3H3,(H2-,23,24,26,27,28)/p+1. The van der Waals surface area contributed by atoms with Crippen molar-refractivity contribution < 1.29 is 19.2 Å². The number of carbonyl (C=O) groups is 2. The Kier molecular flexibility index (Phi) is 16.9. The number of rotatable bonds is 19. The first-order chi connectivity index (χ1) is 13.4. The van der Waals surface area contributed by atoms with E-state index >= 15 is 0 Å². The van der Waals surface area contributed by atoms with Gasteiger partial charge in [-0.05, 0) is 6.42 Å². The number of aliphatic carboxylic acids is 1. The summed E-state index contributed by atoms with van der Waals surface area (Å²) in [7, 11) is 3.99. The molecule has 0 unspecified atom stereocenters. The Labute approximate surface area is 173 Å². The van der Waals surface area contributed by atoms with Crippen LogP contribution < -0.4 is 10.6 Å².